The van der Waals surface area contributed by atoms with Crippen LogP contribution in [0.25, 0.3) is 11.1 Å². The zero-order valence-corrected chi connectivity index (χ0v) is 13.6. The quantitative estimate of drug-likeness (QED) is 0.699. The van der Waals surface area contributed by atoms with Crippen LogP contribution in [0.2, 0.25) is 0 Å². The van der Waals surface area contributed by atoms with Crippen molar-refractivity contribution >= 4 is 5.91 Å². The lowest BCUT2D eigenvalue weighted by molar-refractivity contribution is 0.0941. The van der Waals surface area contributed by atoms with E-state index in [9.17, 15) is 4.79 Å². The Kier molecular flexibility index (Phi) is 4.60. The molecule has 0 aliphatic carbocycles. The van der Waals surface area contributed by atoms with Gasteiger partial charge in [0.25, 0.3) is 5.91 Å². The maximum Gasteiger partial charge on any atom is 0.271 e. The Hall–Kier alpha value is -3.09. The highest BCUT2D eigenvalue weighted by molar-refractivity contribution is 5.92. The third-order valence-electron chi connectivity index (χ3n) is 3.47. The summed E-state index contributed by atoms with van der Waals surface area (Å²) in [6, 6.07) is 9.46. The second-order valence-electron chi connectivity index (χ2n) is 5.41. The van der Waals surface area contributed by atoms with E-state index in [1.165, 1.54) is 0 Å². The molecule has 3 aromatic rings. The molecule has 0 saturated heterocycles. The van der Waals surface area contributed by atoms with Crippen LogP contribution in [0.15, 0.2) is 48.9 Å². The van der Waals surface area contributed by atoms with Crippen molar-refractivity contribution in [3.63, 3.8) is 0 Å². The number of rotatable bonds is 6. The average Bonchev–Trinajstić information content (AvgIpc) is 3.20. The normalized spacial score (nSPS) is 10.6. The highest BCUT2D eigenvalue weighted by Gasteiger charge is 2.07. The molecular formula is C17H19N5O2. The second kappa shape index (κ2) is 6.99. The van der Waals surface area contributed by atoms with Crippen LogP contribution in [0.3, 0.4) is 0 Å². The number of amides is 1. The van der Waals surface area contributed by atoms with Crippen LogP contribution in [-0.2, 0) is 14.1 Å². The molecule has 0 aliphatic heterocycles. The van der Waals surface area contributed by atoms with Crippen molar-refractivity contribution in [3.8, 4) is 16.9 Å². The van der Waals surface area contributed by atoms with Crippen molar-refractivity contribution in [2.24, 2.45) is 14.1 Å². The van der Waals surface area contributed by atoms with Gasteiger partial charge in [0.15, 0.2) is 0 Å². The fourth-order valence-electron chi connectivity index (χ4n) is 2.30. The highest BCUT2D eigenvalue weighted by Crippen LogP contribution is 2.23. The molecule has 0 unspecified atom stereocenters. The van der Waals surface area contributed by atoms with E-state index in [4.69, 9.17) is 4.74 Å². The zero-order chi connectivity index (χ0) is 16.9. The Bertz CT molecular complexity index is 837. The van der Waals surface area contributed by atoms with Crippen molar-refractivity contribution in [3.05, 3.63) is 54.6 Å². The Morgan fingerprint density at radius 1 is 1.21 bits per heavy atom. The first-order valence-corrected chi connectivity index (χ1v) is 7.61. The molecule has 1 aromatic carbocycles. The molecule has 0 atom stereocenters. The van der Waals surface area contributed by atoms with Gasteiger partial charge in [-0.2, -0.15) is 10.2 Å². The van der Waals surface area contributed by atoms with E-state index < -0.39 is 0 Å². The molecule has 0 radical (unpaired) electrons. The average molecular weight is 325 g/mol. The summed E-state index contributed by atoms with van der Waals surface area (Å²) in [5.74, 6) is 0.548. The molecule has 0 spiro atoms. The molecule has 7 heteroatoms. The van der Waals surface area contributed by atoms with E-state index in [0.717, 1.165) is 16.9 Å². The molecule has 124 valence electrons. The van der Waals surface area contributed by atoms with Crippen LogP contribution in [0.4, 0.5) is 0 Å². The summed E-state index contributed by atoms with van der Waals surface area (Å²) in [7, 11) is 3.66. The van der Waals surface area contributed by atoms with Crippen molar-refractivity contribution < 1.29 is 9.53 Å². The van der Waals surface area contributed by atoms with Gasteiger partial charge >= 0.3 is 0 Å². The van der Waals surface area contributed by atoms with E-state index >= 15 is 0 Å². The molecular weight excluding hydrogens is 306 g/mol. The summed E-state index contributed by atoms with van der Waals surface area (Å²) in [6.07, 6.45) is 5.49. The first kappa shape index (κ1) is 15.8. The number of hydrogen-bond donors (Lipinski definition) is 1. The molecule has 2 heterocycles. The smallest absolute Gasteiger partial charge is 0.271 e. The Labute approximate surface area is 139 Å². The largest absolute Gasteiger partial charge is 0.492 e. The van der Waals surface area contributed by atoms with Gasteiger partial charge in [0, 0.05) is 32.1 Å². The Balaban J connectivity index is 1.51. The molecule has 1 amide bonds. The predicted molar refractivity (Wildman–Crippen MR) is 89.7 cm³/mol. The van der Waals surface area contributed by atoms with Crippen LogP contribution in [0.1, 0.15) is 10.5 Å². The van der Waals surface area contributed by atoms with Gasteiger partial charge in [-0.1, -0.05) is 12.1 Å². The van der Waals surface area contributed by atoms with Crippen LogP contribution < -0.4 is 10.1 Å². The number of ether oxygens (including phenoxy) is 1. The van der Waals surface area contributed by atoms with Crippen molar-refractivity contribution in [2.45, 2.75) is 0 Å². The van der Waals surface area contributed by atoms with Crippen molar-refractivity contribution in [1.29, 1.82) is 0 Å². The summed E-state index contributed by atoms with van der Waals surface area (Å²) in [5, 5.41) is 11.0. The second-order valence-corrected chi connectivity index (χ2v) is 5.41. The number of carbonyl (C=O) groups is 1. The van der Waals surface area contributed by atoms with E-state index in [0.29, 0.717) is 18.8 Å². The van der Waals surface area contributed by atoms with Gasteiger partial charge in [0.05, 0.1) is 12.7 Å². The van der Waals surface area contributed by atoms with Gasteiger partial charge in [0.1, 0.15) is 18.1 Å². The molecule has 1 N–H and O–H groups in total. The Morgan fingerprint density at radius 2 is 2.08 bits per heavy atom. The summed E-state index contributed by atoms with van der Waals surface area (Å²) in [5.41, 5.74) is 2.47. The number of carbonyl (C=O) groups excluding carboxylic acids is 1. The summed E-state index contributed by atoms with van der Waals surface area (Å²) in [4.78, 5) is 11.9. The fourth-order valence-corrected chi connectivity index (χ4v) is 2.30. The van der Waals surface area contributed by atoms with E-state index in [1.807, 2.05) is 43.7 Å². The highest BCUT2D eigenvalue weighted by atomic mass is 16.5. The lowest BCUT2D eigenvalue weighted by Gasteiger charge is -2.08. The van der Waals surface area contributed by atoms with Gasteiger partial charge in [-0.05, 0) is 23.8 Å². The van der Waals surface area contributed by atoms with Crippen molar-refractivity contribution in [2.75, 3.05) is 13.2 Å². The van der Waals surface area contributed by atoms with Crippen LogP contribution in [0, 0.1) is 0 Å². The minimum atomic E-state index is -0.205. The number of nitrogens with zero attached hydrogens (tertiary/aromatic N) is 4. The topological polar surface area (TPSA) is 74.0 Å². The molecule has 0 aliphatic rings. The van der Waals surface area contributed by atoms with E-state index in [2.05, 4.69) is 15.5 Å². The van der Waals surface area contributed by atoms with E-state index in [-0.39, 0.29) is 5.91 Å². The fraction of sp³-hybridized carbons (Fsp3) is 0.235. The number of aromatic nitrogens is 4. The lowest BCUT2D eigenvalue weighted by atomic mass is 10.1. The molecule has 0 bridgehead atoms. The first-order valence-electron chi connectivity index (χ1n) is 7.61. The third-order valence-corrected chi connectivity index (χ3v) is 3.47. The molecule has 7 nitrogen and oxygen atoms in total. The van der Waals surface area contributed by atoms with E-state index in [1.54, 1.807) is 28.7 Å². The minimum absolute atomic E-state index is 0.205. The Morgan fingerprint density at radius 3 is 2.79 bits per heavy atom. The molecule has 3 rings (SSSR count). The lowest BCUT2D eigenvalue weighted by Crippen LogP contribution is -2.28. The number of nitrogens with one attached hydrogen (secondary N) is 1. The van der Waals surface area contributed by atoms with Gasteiger partial charge in [-0.3, -0.25) is 14.2 Å². The SMILES string of the molecule is Cn1cc(-c2cccc(OCCNC(=O)c3ccn(C)n3)c2)cn1. The third kappa shape index (κ3) is 3.81. The minimum Gasteiger partial charge on any atom is -0.492 e. The van der Waals surface area contributed by atoms with Crippen molar-refractivity contribution in [1.82, 2.24) is 24.9 Å². The maximum absolute atomic E-state index is 11.9. The standard InChI is InChI=1S/C17H19N5O2/c1-21-8-6-16(20-21)17(23)18-7-9-24-15-5-3-4-13(10-15)14-11-19-22(2)12-14/h3-6,8,10-12H,7,9H2,1-2H3,(H,18,23). The monoisotopic (exact) mass is 325 g/mol. The first-order chi connectivity index (χ1) is 11.6. The predicted octanol–water partition coefficient (Wildman–Crippen LogP) is 1.63. The number of hydrogen-bond acceptors (Lipinski definition) is 4. The van der Waals surface area contributed by atoms with Gasteiger partial charge in [0.2, 0.25) is 0 Å². The molecule has 24 heavy (non-hydrogen) atoms. The maximum atomic E-state index is 11.9. The van der Waals surface area contributed by atoms with Crippen LogP contribution in [-0.4, -0.2) is 38.6 Å². The number of aryl methyl sites for hydroxylation is 2. The molecule has 0 saturated carbocycles. The summed E-state index contributed by atoms with van der Waals surface area (Å²) >= 11 is 0. The van der Waals surface area contributed by atoms with Gasteiger partial charge in [-0.15, -0.1) is 0 Å². The van der Waals surface area contributed by atoms with Gasteiger partial charge < -0.3 is 10.1 Å². The van der Waals surface area contributed by atoms with Crippen LogP contribution >= 0.6 is 0 Å². The molecule has 2 aromatic heterocycles. The van der Waals surface area contributed by atoms with Crippen LogP contribution in [0.5, 0.6) is 5.75 Å². The zero-order valence-electron chi connectivity index (χ0n) is 13.6. The molecule has 0 fully saturated rings. The summed E-state index contributed by atoms with van der Waals surface area (Å²) < 4.78 is 9.05. The summed E-state index contributed by atoms with van der Waals surface area (Å²) in [6.45, 7) is 0.793. The number of benzene rings is 1. The van der Waals surface area contributed by atoms with Gasteiger partial charge in [-0.25, -0.2) is 0 Å².